The van der Waals surface area contributed by atoms with Crippen LogP contribution >= 0.6 is 0 Å². The van der Waals surface area contributed by atoms with Gasteiger partial charge in [0.05, 0.1) is 35.4 Å². The van der Waals surface area contributed by atoms with Crippen LogP contribution in [-0.4, -0.2) is 154 Å². The molecule has 1 spiro atoms. The first-order valence-electron chi connectivity index (χ1n) is 28.2. The first-order chi connectivity index (χ1) is 35.9. The monoisotopic (exact) mass is 1010 g/mol. The summed E-state index contributed by atoms with van der Waals surface area (Å²) in [6.45, 7) is 11.2. The topological polar surface area (TPSA) is 160 Å². The number of piperidine rings is 5. The molecule has 2 N–H and O–H groups in total. The van der Waals surface area contributed by atoms with Gasteiger partial charge in [-0.1, -0.05) is 30.7 Å². The zero-order valence-electron chi connectivity index (χ0n) is 43.8. The number of anilines is 3. The highest BCUT2D eigenvalue weighted by Crippen LogP contribution is 2.52. The molecule has 8 heterocycles. The van der Waals surface area contributed by atoms with Gasteiger partial charge in [-0.3, -0.25) is 34.2 Å². The Balaban J connectivity index is 0.668. The third-order valence-corrected chi connectivity index (χ3v) is 18.6. The molecule has 8 aliphatic rings. The van der Waals surface area contributed by atoms with Crippen LogP contribution in [0.25, 0.3) is 22.3 Å². The molecule has 2 aromatic heterocycles. The number of likely N-dealkylation sites (tertiary alicyclic amines) is 3. The van der Waals surface area contributed by atoms with E-state index in [2.05, 4.69) is 85.0 Å². The van der Waals surface area contributed by atoms with Crippen molar-refractivity contribution >= 4 is 57.8 Å². The van der Waals surface area contributed by atoms with Gasteiger partial charge in [-0.25, -0.2) is 9.97 Å². The highest BCUT2D eigenvalue weighted by molar-refractivity contribution is 6.09. The number of carbonyl (C=O) groups excluding carboxylic acids is 5. The average molecular weight is 1010 g/mol. The molecular formula is C58H75N11O5. The van der Waals surface area contributed by atoms with Crippen LogP contribution in [0, 0.1) is 5.92 Å². The molecule has 74 heavy (non-hydrogen) atoms. The van der Waals surface area contributed by atoms with Crippen LogP contribution in [0.4, 0.5) is 17.2 Å². The number of amides is 5. The Kier molecular flexibility index (Phi) is 13.3. The molecule has 6 aliphatic heterocycles. The third kappa shape index (κ3) is 9.25. The smallest absolute Gasteiger partial charge is 0.238 e. The zero-order valence-corrected chi connectivity index (χ0v) is 43.8. The van der Waals surface area contributed by atoms with E-state index in [1.165, 1.54) is 19.3 Å². The van der Waals surface area contributed by atoms with Crippen LogP contribution in [0.3, 0.4) is 0 Å². The Morgan fingerprint density at radius 1 is 0.824 bits per heavy atom. The number of nitrogens with one attached hydrogen (secondary N) is 2. The van der Waals surface area contributed by atoms with Gasteiger partial charge in [-0.15, -0.1) is 0 Å². The lowest BCUT2D eigenvalue weighted by molar-refractivity contribution is -0.139. The summed E-state index contributed by atoms with van der Waals surface area (Å²) in [5.74, 6) is 0.702. The highest BCUT2D eigenvalue weighted by Gasteiger charge is 2.56. The second-order valence-electron chi connectivity index (χ2n) is 23.4. The fourth-order valence-corrected chi connectivity index (χ4v) is 13.7. The standard InChI is InChI=1S/C58H75N11O5/c1-37(2)68-36-59-49-34-48(61-54(53(49)68)60-41-10-11-41)40-9-15-47-50(31-40)69(45-32-44(33-45)65-23-5-4-6-24-65)57(74)58(47)21-29-64(30-22-58)35-52(71)63(3)42-19-27-67(28-20-42)56(73)39-17-25-66(26-18-39)43-12-7-38(8-13-43)46-14-16-51(70)62-55(46)72/h7-9,12-13,15,31,34,36-37,39,41-42,44-46H,4-6,10-11,14,16-30,32-33,35H2,1-3H3,(H,60,61)(H,62,70,72). The molecule has 1 atom stereocenters. The maximum atomic E-state index is 15.2. The van der Waals surface area contributed by atoms with Gasteiger partial charge in [0, 0.05) is 106 Å². The number of rotatable bonds is 12. The molecule has 1 unspecified atom stereocenters. The van der Waals surface area contributed by atoms with Crippen LogP contribution < -0.4 is 20.4 Å². The van der Waals surface area contributed by atoms with Crippen LogP contribution in [0.2, 0.25) is 0 Å². The Bertz CT molecular complexity index is 2790. The molecule has 5 saturated heterocycles. The van der Waals surface area contributed by atoms with Gasteiger partial charge in [0.15, 0.2) is 5.82 Å². The van der Waals surface area contributed by atoms with E-state index in [0.29, 0.717) is 70.5 Å². The molecule has 0 bridgehead atoms. The molecule has 2 aromatic carbocycles. The zero-order chi connectivity index (χ0) is 50.8. The highest BCUT2D eigenvalue weighted by atomic mass is 16.2. The number of hydrogen-bond donors (Lipinski definition) is 2. The Morgan fingerprint density at radius 3 is 2.24 bits per heavy atom. The number of imidazole rings is 1. The second-order valence-corrected chi connectivity index (χ2v) is 23.4. The summed E-state index contributed by atoms with van der Waals surface area (Å²) in [5, 5.41) is 6.17. The predicted molar refractivity (Wildman–Crippen MR) is 286 cm³/mol. The summed E-state index contributed by atoms with van der Waals surface area (Å²) in [4.78, 5) is 90.6. The third-order valence-electron chi connectivity index (χ3n) is 18.6. The van der Waals surface area contributed by atoms with Crippen LogP contribution in [0.5, 0.6) is 0 Å². The lowest BCUT2D eigenvalue weighted by atomic mass is 9.73. The molecule has 16 heteroatoms. The average Bonchev–Trinajstić information content (AvgIpc) is 4.10. The molecular weight excluding hydrogens is 931 g/mol. The quantitative estimate of drug-likeness (QED) is 0.143. The number of pyridine rings is 1. The number of hydrogen-bond acceptors (Lipinski definition) is 11. The summed E-state index contributed by atoms with van der Waals surface area (Å²) in [6, 6.07) is 18.3. The number of likely N-dealkylation sites (N-methyl/N-ethyl adjacent to an activating group) is 1. The molecule has 2 saturated carbocycles. The fraction of sp³-hybridized carbons (Fsp3) is 0.603. The summed E-state index contributed by atoms with van der Waals surface area (Å²) < 4.78 is 2.20. The number of imide groups is 1. The number of carbonyl (C=O) groups is 5. The van der Waals surface area contributed by atoms with Crippen molar-refractivity contribution in [3.05, 3.63) is 66.0 Å². The second kappa shape index (κ2) is 20.0. The summed E-state index contributed by atoms with van der Waals surface area (Å²) in [6.07, 6.45) is 15.4. The lowest BCUT2D eigenvalue weighted by Crippen LogP contribution is -2.58. The first kappa shape index (κ1) is 49.0. The molecule has 0 radical (unpaired) electrons. The number of aromatic nitrogens is 3. The van der Waals surface area contributed by atoms with Gasteiger partial charge in [-0.2, -0.15) is 0 Å². The Morgan fingerprint density at radius 2 is 1.55 bits per heavy atom. The Hall–Kier alpha value is -5.87. The number of benzene rings is 2. The van der Waals surface area contributed by atoms with E-state index in [1.807, 2.05) is 35.3 Å². The van der Waals surface area contributed by atoms with Gasteiger partial charge in [0.2, 0.25) is 29.5 Å². The minimum atomic E-state index is -0.622. The number of nitrogens with zero attached hydrogens (tertiary/aromatic N) is 9. The van der Waals surface area contributed by atoms with Gasteiger partial charge in [0.25, 0.3) is 0 Å². The van der Waals surface area contributed by atoms with Gasteiger partial charge in [0.1, 0.15) is 5.52 Å². The van der Waals surface area contributed by atoms with Crippen molar-refractivity contribution in [2.24, 2.45) is 5.92 Å². The van der Waals surface area contributed by atoms with E-state index in [4.69, 9.17) is 9.97 Å². The SMILES string of the molecule is CC(C)n1cnc2cc(-c3ccc4c(c3)N(C3CC(N5CCCCC5)C3)C(=O)C43CCN(CC(=O)N(C)C4CCN(C(=O)C5CCN(c6ccc(C7CCC(=O)NC7=O)cc6)CC5)CC4)CC3)nc(NC3CC3)c21. The van der Waals surface area contributed by atoms with E-state index >= 15 is 4.79 Å². The molecule has 12 rings (SSSR count). The maximum absolute atomic E-state index is 15.2. The maximum Gasteiger partial charge on any atom is 0.238 e. The normalized spacial score (nSPS) is 25.2. The minimum Gasteiger partial charge on any atom is -0.371 e. The first-order valence-corrected chi connectivity index (χ1v) is 28.2. The number of fused-ring (bicyclic) bond motifs is 3. The summed E-state index contributed by atoms with van der Waals surface area (Å²) >= 11 is 0. The molecule has 5 amide bonds. The summed E-state index contributed by atoms with van der Waals surface area (Å²) in [7, 11) is 1.93. The molecule has 2 aliphatic carbocycles. The van der Waals surface area contributed by atoms with Crippen molar-refractivity contribution in [3.63, 3.8) is 0 Å². The van der Waals surface area contributed by atoms with Crippen molar-refractivity contribution in [1.82, 2.24) is 39.5 Å². The van der Waals surface area contributed by atoms with Crippen LogP contribution in [-0.2, 0) is 29.4 Å². The van der Waals surface area contributed by atoms with Gasteiger partial charge in [-0.05, 0) is 146 Å². The molecule has 392 valence electrons. The largest absolute Gasteiger partial charge is 0.371 e. The van der Waals surface area contributed by atoms with E-state index < -0.39 is 5.41 Å². The van der Waals surface area contributed by atoms with Crippen molar-refractivity contribution in [3.8, 4) is 11.3 Å². The van der Waals surface area contributed by atoms with Crippen LogP contribution in [0.1, 0.15) is 133 Å². The van der Waals surface area contributed by atoms with Gasteiger partial charge < -0.3 is 34.4 Å². The Labute approximate surface area is 435 Å². The van der Waals surface area contributed by atoms with E-state index in [-0.39, 0.29) is 59.5 Å². The van der Waals surface area contributed by atoms with E-state index in [1.54, 1.807) is 0 Å². The van der Waals surface area contributed by atoms with E-state index in [9.17, 15) is 19.2 Å². The van der Waals surface area contributed by atoms with Crippen molar-refractivity contribution in [2.75, 3.05) is 81.1 Å². The fourth-order valence-electron chi connectivity index (χ4n) is 13.7. The molecule has 16 nitrogen and oxygen atoms in total. The van der Waals surface area contributed by atoms with Crippen LogP contribution in [0.15, 0.2) is 54.9 Å². The van der Waals surface area contributed by atoms with Crippen molar-refractivity contribution < 1.29 is 24.0 Å². The molecule has 7 fully saturated rings. The predicted octanol–water partition coefficient (Wildman–Crippen LogP) is 6.84. The molecule has 4 aromatic rings. The lowest BCUT2D eigenvalue weighted by Gasteiger charge is -2.48. The minimum absolute atomic E-state index is 0.0132. The van der Waals surface area contributed by atoms with Crippen molar-refractivity contribution in [2.45, 2.75) is 152 Å². The van der Waals surface area contributed by atoms with E-state index in [0.717, 1.165) is 128 Å². The van der Waals surface area contributed by atoms with Gasteiger partial charge >= 0.3 is 0 Å². The van der Waals surface area contributed by atoms with Crippen molar-refractivity contribution in [1.29, 1.82) is 0 Å². The summed E-state index contributed by atoms with van der Waals surface area (Å²) in [5.41, 5.74) is 7.39.